The number of rotatable bonds is 5. The molecule has 1 aromatic heterocycles. The highest BCUT2D eigenvalue weighted by Gasteiger charge is 2.12. The Bertz CT molecular complexity index is 1030. The summed E-state index contributed by atoms with van der Waals surface area (Å²) in [5.74, 6) is 1.14. The van der Waals surface area contributed by atoms with Crippen LogP contribution < -0.4 is 10.6 Å². The first-order valence-corrected chi connectivity index (χ1v) is 9.87. The summed E-state index contributed by atoms with van der Waals surface area (Å²) in [7, 11) is 0. The highest BCUT2D eigenvalue weighted by atomic mass is 35.5. The molecular formula is C22H21ClN2O3S. The summed E-state index contributed by atoms with van der Waals surface area (Å²) in [5.41, 5.74) is 3.02. The zero-order valence-corrected chi connectivity index (χ0v) is 17.6. The normalized spacial score (nSPS) is 10.8. The van der Waals surface area contributed by atoms with E-state index in [2.05, 4.69) is 24.5 Å². The number of halogens is 1. The Morgan fingerprint density at radius 2 is 1.86 bits per heavy atom. The number of anilines is 1. The van der Waals surface area contributed by atoms with Crippen LogP contribution in [-0.2, 0) is 6.61 Å². The standard InChI is InChI=1S/C22H21ClN2O3S/c1-13(2)14-3-5-15(6-4-14)21(27)25-22(29)24-16-7-9-18(19(23)11-16)20-10-8-17(12-26)28-20/h3-11,13,26H,12H2,1-2H3,(H2,24,25,27,29). The molecule has 3 rings (SSSR count). The van der Waals surface area contributed by atoms with Gasteiger partial charge in [-0.3, -0.25) is 10.1 Å². The maximum absolute atomic E-state index is 12.4. The second kappa shape index (κ2) is 9.22. The molecule has 0 saturated carbocycles. The summed E-state index contributed by atoms with van der Waals surface area (Å²) in [6.45, 7) is 4.02. The first kappa shape index (κ1) is 21.0. The number of furan rings is 1. The van der Waals surface area contributed by atoms with Crippen LogP contribution in [-0.4, -0.2) is 16.1 Å². The van der Waals surface area contributed by atoms with E-state index in [9.17, 15) is 4.79 Å². The van der Waals surface area contributed by atoms with Crippen molar-refractivity contribution in [3.8, 4) is 11.3 Å². The molecule has 0 saturated heterocycles. The Balaban J connectivity index is 1.64. The van der Waals surface area contributed by atoms with Crippen LogP contribution in [0, 0.1) is 0 Å². The van der Waals surface area contributed by atoms with Gasteiger partial charge in [-0.05, 0) is 66.2 Å². The van der Waals surface area contributed by atoms with E-state index in [1.165, 1.54) is 5.56 Å². The predicted molar refractivity (Wildman–Crippen MR) is 119 cm³/mol. The van der Waals surface area contributed by atoms with Crippen LogP contribution in [0.15, 0.2) is 59.0 Å². The molecule has 3 N–H and O–H groups in total. The van der Waals surface area contributed by atoms with Crippen LogP contribution in [0.5, 0.6) is 0 Å². The van der Waals surface area contributed by atoms with E-state index in [0.29, 0.717) is 39.3 Å². The number of hydrogen-bond acceptors (Lipinski definition) is 4. The number of amides is 1. The summed E-state index contributed by atoms with van der Waals surface area (Å²) >= 11 is 11.6. The third kappa shape index (κ3) is 5.23. The minimum Gasteiger partial charge on any atom is -0.459 e. The highest BCUT2D eigenvalue weighted by molar-refractivity contribution is 7.80. The summed E-state index contributed by atoms with van der Waals surface area (Å²) in [6, 6.07) is 16.1. The van der Waals surface area contributed by atoms with Gasteiger partial charge in [0.15, 0.2) is 5.11 Å². The molecule has 0 aliphatic carbocycles. The molecule has 0 atom stereocenters. The van der Waals surface area contributed by atoms with Crippen molar-refractivity contribution < 1.29 is 14.3 Å². The van der Waals surface area contributed by atoms with Crippen LogP contribution in [0.25, 0.3) is 11.3 Å². The van der Waals surface area contributed by atoms with Gasteiger partial charge >= 0.3 is 0 Å². The molecule has 0 aliphatic rings. The zero-order chi connectivity index (χ0) is 21.0. The van der Waals surface area contributed by atoms with Gasteiger partial charge in [0.2, 0.25) is 0 Å². The summed E-state index contributed by atoms with van der Waals surface area (Å²) in [6.07, 6.45) is 0. The number of aliphatic hydroxyl groups excluding tert-OH is 1. The number of carbonyl (C=O) groups is 1. The first-order chi connectivity index (χ1) is 13.9. The topological polar surface area (TPSA) is 74.5 Å². The van der Waals surface area contributed by atoms with Gasteiger partial charge in [-0.1, -0.05) is 37.6 Å². The van der Waals surface area contributed by atoms with Crippen molar-refractivity contribution in [2.75, 3.05) is 5.32 Å². The molecular weight excluding hydrogens is 408 g/mol. The van der Waals surface area contributed by atoms with E-state index in [0.717, 1.165) is 0 Å². The van der Waals surface area contributed by atoms with E-state index < -0.39 is 0 Å². The molecule has 1 amide bonds. The van der Waals surface area contributed by atoms with Gasteiger partial charge in [-0.15, -0.1) is 0 Å². The highest BCUT2D eigenvalue weighted by Crippen LogP contribution is 2.31. The Labute approximate surface area is 179 Å². The van der Waals surface area contributed by atoms with E-state index in [1.807, 2.05) is 12.1 Å². The van der Waals surface area contributed by atoms with Gasteiger partial charge < -0.3 is 14.8 Å². The number of hydrogen-bond donors (Lipinski definition) is 3. The van der Waals surface area contributed by atoms with Gasteiger partial charge in [0, 0.05) is 16.8 Å². The second-order valence-electron chi connectivity index (χ2n) is 6.80. The molecule has 0 fully saturated rings. The Morgan fingerprint density at radius 1 is 1.14 bits per heavy atom. The molecule has 5 nitrogen and oxygen atoms in total. The third-order valence-electron chi connectivity index (χ3n) is 4.38. The maximum atomic E-state index is 12.4. The number of thiocarbonyl (C=S) groups is 1. The van der Waals surface area contributed by atoms with Gasteiger partial charge in [0.05, 0.1) is 5.02 Å². The van der Waals surface area contributed by atoms with Crippen molar-refractivity contribution in [2.45, 2.75) is 26.4 Å². The minimum atomic E-state index is -0.285. The van der Waals surface area contributed by atoms with Crippen LogP contribution in [0.1, 0.15) is 41.4 Å². The van der Waals surface area contributed by atoms with Crippen LogP contribution in [0.2, 0.25) is 5.02 Å². The van der Waals surface area contributed by atoms with Crippen LogP contribution in [0.4, 0.5) is 5.69 Å². The molecule has 0 aliphatic heterocycles. The molecule has 7 heteroatoms. The first-order valence-electron chi connectivity index (χ1n) is 9.09. The fraction of sp³-hybridized carbons (Fsp3) is 0.182. The quantitative estimate of drug-likeness (QED) is 0.478. The van der Waals surface area contributed by atoms with Gasteiger partial charge in [0.25, 0.3) is 5.91 Å². The molecule has 0 bridgehead atoms. The molecule has 150 valence electrons. The van der Waals surface area contributed by atoms with Crippen LogP contribution >= 0.6 is 23.8 Å². The lowest BCUT2D eigenvalue weighted by Gasteiger charge is -2.11. The molecule has 0 radical (unpaired) electrons. The molecule has 0 unspecified atom stereocenters. The van der Waals surface area contributed by atoms with Gasteiger partial charge in [-0.2, -0.15) is 0 Å². The van der Waals surface area contributed by atoms with E-state index in [4.69, 9.17) is 33.3 Å². The maximum Gasteiger partial charge on any atom is 0.257 e. The monoisotopic (exact) mass is 428 g/mol. The van der Waals surface area contributed by atoms with Gasteiger partial charge in [-0.25, -0.2) is 0 Å². The van der Waals surface area contributed by atoms with Crippen molar-refractivity contribution in [2.24, 2.45) is 0 Å². The lowest BCUT2D eigenvalue weighted by atomic mass is 10.0. The van der Waals surface area contributed by atoms with E-state index in [-0.39, 0.29) is 17.6 Å². The van der Waals surface area contributed by atoms with Crippen molar-refractivity contribution in [1.29, 1.82) is 0 Å². The molecule has 1 heterocycles. The third-order valence-corrected chi connectivity index (χ3v) is 4.89. The molecule has 0 spiro atoms. The average Bonchev–Trinajstić information content (AvgIpc) is 3.17. The molecule has 2 aromatic carbocycles. The van der Waals surface area contributed by atoms with Crippen molar-refractivity contribution in [3.63, 3.8) is 0 Å². The Morgan fingerprint density at radius 3 is 2.45 bits per heavy atom. The van der Waals surface area contributed by atoms with Crippen LogP contribution in [0.3, 0.4) is 0 Å². The smallest absolute Gasteiger partial charge is 0.257 e. The summed E-state index contributed by atoms with van der Waals surface area (Å²) in [5, 5.41) is 15.4. The van der Waals surface area contributed by atoms with Gasteiger partial charge in [0.1, 0.15) is 18.1 Å². The lowest BCUT2D eigenvalue weighted by molar-refractivity contribution is 0.0977. The van der Waals surface area contributed by atoms with Crippen molar-refractivity contribution in [3.05, 3.63) is 76.5 Å². The summed E-state index contributed by atoms with van der Waals surface area (Å²) in [4.78, 5) is 12.4. The predicted octanol–water partition coefficient (Wildman–Crippen LogP) is 5.34. The Hall–Kier alpha value is -2.67. The van der Waals surface area contributed by atoms with Crippen molar-refractivity contribution >= 4 is 40.5 Å². The number of nitrogens with one attached hydrogen (secondary N) is 2. The number of carbonyl (C=O) groups excluding carboxylic acids is 1. The number of benzene rings is 2. The lowest BCUT2D eigenvalue weighted by Crippen LogP contribution is -2.34. The van der Waals surface area contributed by atoms with E-state index in [1.54, 1.807) is 42.5 Å². The second-order valence-corrected chi connectivity index (χ2v) is 7.62. The molecule has 29 heavy (non-hydrogen) atoms. The SMILES string of the molecule is CC(C)c1ccc(C(=O)NC(=S)Nc2ccc(-c3ccc(CO)o3)c(Cl)c2)cc1. The average molecular weight is 429 g/mol. The fourth-order valence-corrected chi connectivity index (χ4v) is 3.24. The Kier molecular flexibility index (Phi) is 6.69. The minimum absolute atomic E-state index is 0.173. The fourth-order valence-electron chi connectivity index (χ4n) is 2.76. The zero-order valence-electron chi connectivity index (χ0n) is 16.0. The van der Waals surface area contributed by atoms with E-state index >= 15 is 0 Å². The number of aliphatic hydroxyl groups is 1. The van der Waals surface area contributed by atoms with Crippen molar-refractivity contribution in [1.82, 2.24) is 5.32 Å². The molecule has 3 aromatic rings. The summed E-state index contributed by atoms with van der Waals surface area (Å²) < 4.78 is 5.51. The largest absolute Gasteiger partial charge is 0.459 e.